The standard InChI is InChI=1S/C16H26N4O/c1-16(2,3)19-10-12-6-4-8-18-15(12)20-9-5-7-13(11-20)14(17)21/h4,6,8,13,19H,5,7,9-11H2,1-3H3,(H2,17,21). The van der Waals surface area contributed by atoms with E-state index < -0.39 is 0 Å². The molecule has 1 aliphatic rings. The molecule has 2 heterocycles. The Hall–Kier alpha value is -1.62. The van der Waals surface area contributed by atoms with Crippen molar-refractivity contribution in [2.45, 2.75) is 45.7 Å². The Balaban J connectivity index is 2.13. The molecule has 1 aromatic heterocycles. The quantitative estimate of drug-likeness (QED) is 0.885. The van der Waals surface area contributed by atoms with Crippen molar-refractivity contribution in [2.75, 3.05) is 18.0 Å². The fourth-order valence-electron chi connectivity index (χ4n) is 2.62. The third-order valence-corrected chi connectivity index (χ3v) is 3.80. The minimum Gasteiger partial charge on any atom is -0.369 e. The Bertz CT molecular complexity index is 495. The number of amides is 1. The lowest BCUT2D eigenvalue weighted by Crippen LogP contribution is -2.42. The van der Waals surface area contributed by atoms with Gasteiger partial charge < -0.3 is 16.0 Å². The molecular formula is C16H26N4O. The summed E-state index contributed by atoms with van der Waals surface area (Å²) in [5.74, 6) is 0.703. The highest BCUT2D eigenvalue weighted by Gasteiger charge is 2.26. The summed E-state index contributed by atoms with van der Waals surface area (Å²) in [5.41, 5.74) is 6.69. The first kappa shape index (κ1) is 15.8. The average Bonchev–Trinajstić information content (AvgIpc) is 2.45. The summed E-state index contributed by atoms with van der Waals surface area (Å²) in [5, 5.41) is 3.49. The molecule has 0 radical (unpaired) electrons. The van der Waals surface area contributed by atoms with E-state index in [1.54, 1.807) is 0 Å². The number of nitrogens with two attached hydrogens (primary N) is 1. The molecule has 1 atom stereocenters. The third-order valence-electron chi connectivity index (χ3n) is 3.80. The Morgan fingerprint density at radius 2 is 2.29 bits per heavy atom. The lowest BCUT2D eigenvalue weighted by Gasteiger charge is -2.33. The molecule has 5 nitrogen and oxygen atoms in total. The molecular weight excluding hydrogens is 264 g/mol. The van der Waals surface area contributed by atoms with Gasteiger partial charge in [0, 0.05) is 36.9 Å². The minimum absolute atomic E-state index is 0.0603. The molecule has 0 aliphatic carbocycles. The molecule has 5 heteroatoms. The van der Waals surface area contributed by atoms with Gasteiger partial charge in [-0.15, -0.1) is 0 Å². The largest absolute Gasteiger partial charge is 0.369 e. The summed E-state index contributed by atoms with van der Waals surface area (Å²) in [4.78, 5) is 18.2. The number of hydrogen-bond donors (Lipinski definition) is 2. The summed E-state index contributed by atoms with van der Waals surface area (Å²) < 4.78 is 0. The maximum Gasteiger partial charge on any atom is 0.222 e. The predicted octanol–water partition coefficient (Wildman–Crippen LogP) is 1.67. The van der Waals surface area contributed by atoms with Crippen LogP contribution in [0.1, 0.15) is 39.2 Å². The zero-order valence-corrected chi connectivity index (χ0v) is 13.2. The number of anilines is 1. The zero-order valence-electron chi connectivity index (χ0n) is 13.2. The first-order chi connectivity index (χ1) is 9.87. The highest BCUT2D eigenvalue weighted by molar-refractivity contribution is 5.77. The van der Waals surface area contributed by atoms with Crippen molar-refractivity contribution in [3.8, 4) is 0 Å². The van der Waals surface area contributed by atoms with Gasteiger partial charge in [0.2, 0.25) is 5.91 Å². The van der Waals surface area contributed by atoms with Crippen molar-refractivity contribution < 1.29 is 4.79 Å². The molecule has 0 aromatic carbocycles. The molecule has 1 unspecified atom stereocenters. The maximum atomic E-state index is 11.4. The van der Waals surface area contributed by atoms with E-state index in [9.17, 15) is 4.79 Å². The summed E-state index contributed by atoms with van der Waals surface area (Å²) in [7, 11) is 0. The van der Waals surface area contributed by atoms with E-state index in [0.29, 0.717) is 6.54 Å². The number of hydrogen-bond acceptors (Lipinski definition) is 4. The van der Waals surface area contributed by atoms with Gasteiger partial charge in [-0.3, -0.25) is 4.79 Å². The van der Waals surface area contributed by atoms with Crippen LogP contribution in [0.2, 0.25) is 0 Å². The Labute approximate surface area is 126 Å². The van der Waals surface area contributed by atoms with Crippen LogP contribution in [0, 0.1) is 5.92 Å². The smallest absolute Gasteiger partial charge is 0.222 e. The van der Waals surface area contributed by atoms with Crippen LogP contribution in [0.15, 0.2) is 18.3 Å². The Kier molecular flexibility index (Phi) is 4.83. The fraction of sp³-hybridized carbons (Fsp3) is 0.625. The summed E-state index contributed by atoms with van der Waals surface area (Å²) in [6.07, 6.45) is 3.67. The highest BCUT2D eigenvalue weighted by atomic mass is 16.1. The Morgan fingerprint density at radius 1 is 1.52 bits per heavy atom. The van der Waals surface area contributed by atoms with Crippen molar-refractivity contribution in [3.05, 3.63) is 23.9 Å². The van der Waals surface area contributed by atoms with Crippen LogP contribution < -0.4 is 16.0 Å². The minimum atomic E-state index is -0.204. The van der Waals surface area contributed by atoms with E-state index in [2.05, 4.69) is 42.0 Å². The second kappa shape index (κ2) is 6.43. The molecule has 1 amide bonds. The highest BCUT2D eigenvalue weighted by Crippen LogP contribution is 2.24. The molecule has 116 valence electrons. The van der Waals surface area contributed by atoms with E-state index >= 15 is 0 Å². The van der Waals surface area contributed by atoms with Gasteiger partial charge in [0.25, 0.3) is 0 Å². The van der Waals surface area contributed by atoms with Gasteiger partial charge in [-0.2, -0.15) is 0 Å². The predicted molar refractivity (Wildman–Crippen MR) is 85.0 cm³/mol. The Morgan fingerprint density at radius 3 is 2.95 bits per heavy atom. The van der Waals surface area contributed by atoms with Crippen molar-refractivity contribution >= 4 is 11.7 Å². The molecule has 1 aliphatic heterocycles. The second-order valence-electron chi connectivity index (χ2n) is 6.78. The molecule has 0 bridgehead atoms. The number of carbonyl (C=O) groups excluding carboxylic acids is 1. The average molecular weight is 290 g/mol. The molecule has 1 fully saturated rings. The topological polar surface area (TPSA) is 71.2 Å². The SMILES string of the molecule is CC(C)(C)NCc1cccnc1N1CCCC(C(N)=O)C1. The first-order valence-corrected chi connectivity index (χ1v) is 7.60. The van der Waals surface area contributed by atoms with Gasteiger partial charge in [-0.1, -0.05) is 6.07 Å². The number of carbonyl (C=O) groups is 1. The van der Waals surface area contributed by atoms with E-state index in [4.69, 9.17) is 5.73 Å². The molecule has 1 aromatic rings. The van der Waals surface area contributed by atoms with E-state index in [1.165, 1.54) is 0 Å². The third kappa shape index (κ3) is 4.43. The van der Waals surface area contributed by atoms with Crippen molar-refractivity contribution in [3.63, 3.8) is 0 Å². The second-order valence-corrected chi connectivity index (χ2v) is 6.78. The summed E-state index contributed by atoms with van der Waals surface area (Å²) >= 11 is 0. The van der Waals surface area contributed by atoms with Crippen LogP contribution >= 0.6 is 0 Å². The number of aromatic nitrogens is 1. The van der Waals surface area contributed by atoms with E-state index in [0.717, 1.165) is 37.3 Å². The molecule has 3 N–H and O–H groups in total. The van der Waals surface area contributed by atoms with Gasteiger partial charge in [0.05, 0.1) is 5.92 Å². The molecule has 2 rings (SSSR count). The van der Waals surface area contributed by atoms with Gasteiger partial charge >= 0.3 is 0 Å². The van der Waals surface area contributed by atoms with Crippen LogP contribution in [0.3, 0.4) is 0 Å². The van der Waals surface area contributed by atoms with Crippen LogP contribution in [0.25, 0.3) is 0 Å². The van der Waals surface area contributed by atoms with Gasteiger partial charge in [0.15, 0.2) is 0 Å². The maximum absolute atomic E-state index is 11.4. The van der Waals surface area contributed by atoms with Crippen LogP contribution in [-0.2, 0) is 11.3 Å². The number of piperidine rings is 1. The van der Waals surface area contributed by atoms with E-state index in [1.807, 2.05) is 12.3 Å². The van der Waals surface area contributed by atoms with Crippen molar-refractivity contribution in [1.29, 1.82) is 0 Å². The van der Waals surface area contributed by atoms with Crippen LogP contribution in [0.5, 0.6) is 0 Å². The number of primary amides is 1. The summed E-state index contributed by atoms with van der Waals surface area (Å²) in [6, 6.07) is 4.05. The lowest BCUT2D eigenvalue weighted by molar-refractivity contribution is -0.122. The van der Waals surface area contributed by atoms with Crippen LogP contribution in [-0.4, -0.2) is 29.5 Å². The number of pyridine rings is 1. The number of nitrogens with one attached hydrogen (secondary N) is 1. The number of rotatable bonds is 4. The monoisotopic (exact) mass is 290 g/mol. The zero-order chi connectivity index (χ0) is 15.5. The first-order valence-electron chi connectivity index (χ1n) is 7.60. The van der Waals surface area contributed by atoms with Crippen molar-refractivity contribution in [2.24, 2.45) is 11.7 Å². The normalized spacial score (nSPS) is 19.6. The molecule has 0 saturated carbocycles. The van der Waals surface area contributed by atoms with Gasteiger partial charge in [-0.25, -0.2) is 4.98 Å². The molecule has 21 heavy (non-hydrogen) atoms. The van der Waals surface area contributed by atoms with E-state index in [-0.39, 0.29) is 17.4 Å². The molecule has 1 saturated heterocycles. The number of nitrogens with zero attached hydrogens (tertiary/aromatic N) is 2. The summed E-state index contributed by atoms with van der Waals surface area (Å²) in [6.45, 7) is 8.82. The lowest BCUT2D eigenvalue weighted by atomic mass is 9.97. The molecule has 0 spiro atoms. The van der Waals surface area contributed by atoms with Crippen LogP contribution in [0.4, 0.5) is 5.82 Å². The van der Waals surface area contributed by atoms with Crippen molar-refractivity contribution in [1.82, 2.24) is 10.3 Å². The van der Waals surface area contributed by atoms with Gasteiger partial charge in [-0.05, 0) is 39.7 Å². The van der Waals surface area contributed by atoms with Gasteiger partial charge in [0.1, 0.15) is 5.82 Å². The fourth-order valence-corrected chi connectivity index (χ4v) is 2.62.